The van der Waals surface area contributed by atoms with Crippen LogP contribution in [0.4, 0.5) is 0 Å². The zero-order valence-corrected chi connectivity index (χ0v) is 9.00. The Kier molecular flexibility index (Phi) is 2.88. The van der Waals surface area contributed by atoms with E-state index in [1.54, 1.807) is 6.07 Å². The molecule has 0 amide bonds. The van der Waals surface area contributed by atoms with E-state index in [9.17, 15) is 4.79 Å². The van der Waals surface area contributed by atoms with Crippen LogP contribution in [0.5, 0.6) is 0 Å². The first-order valence-corrected chi connectivity index (χ1v) is 4.94. The molecule has 0 aliphatic carbocycles. The van der Waals surface area contributed by atoms with Gasteiger partial charge in [-0.2, -0.15) is 0 Å². The number of aromatic nitrogens is 1. The number of nitrogens with zero attached hydrogens (tertiary/aromatic N) is 1. The highest BCUT2D eigenvalue weighted by atomic mass is 35.5. The summed E-state index contributed by atoms with van der Waals surface area (Å²) in [7, 11) is 1.31. The summed E-state index contributed by atoms with van der Waals surface area (Å²) in [5.74, 6) is -0.471. The Morgan fingerprint density at radius 1 is 1.67 bits per heavy atom. The van der Waals surface area contributed by atoms with Gasteiger partial charge in [-0.05, 0) is 6.07 Å². The highest BCUT2D eigenvalue weighted by molar-refractivity contribution is 6.32. The average molecular weight is 228 g/mol. The fourth-order valence-corrected chi connectivity index (χ4v) is 1.75. The van der Waals surface area contributed by atoms with E-state index < -0.39 is 5.97 Å². The van der Waals surface area contributed by atoms with Gasteiger partial charge in [0, 0.05) is 17.7 Å². The van der Waals surface area contributed by atoms with Gasteiger partial charge in [-0.1, -0.05) is 11.6 Å². The van der Waals surface area contributed by atoms with E-state index in [1.807, 2.05) is 0 Å². The Labute approximate surface area is 92.2 Å². The highest BCUT2D eigenvalue weighted by Crippen LogP contribution is 2.22. The van der Waals surface area contributed by atoms with Crippen molar-refractivity contribution in [3.63, 3.8) is 0 Å². The summed E-state index contributed by atoms with van der Waals surface area (Å²) in [5, 5.41) is 0.197. The summed E-state index contributed by atoms with van der Waals surface area (Å²) < 4.78 is 9.87. The lowest BCUT2D eigenvalue weighted by Gasteiger charge is -2.16. The van der Waals surface area contributed by atoms with Crippen molar-refractivity contribution >= 4 is 17.6 Å². The number of pyridine rings is 1. The second kappa shape index (κ2) is 4.16. The van der Waals surface area contributed by atoms with Crippen LogP contribution in [0.2, 0.25) is 5.15 Å². The van der Waals surface area contributed by atoms with Crippen molar-refractivity contribution in [3.8, 4) is 0 Å². The molecule has 0 aromatic carbocycles. The van der Waals surface area contributed by atoms with E-state index in [4.69, 9.17) is 16.3 Å². The number of ether oxygens (including phenoxy) is 2. The maximum absolute atomic E-state index is 11.3. The maximum atomic E-state index is 11.3. The Bertz CT molecular complexity index is 406. The van der Waals surface area contributed by atoms with Crippen molar-refractivity contribution in [1.29, 1.82) is 0 Å². The molecule has 0 bridgehead atoms. The summed E-state index contributed by atoms with van der Waals surface area (Å²) in [5.41, 5.74) is 2.10. The first-order chi connectivity index (χ1) is 7.22. The summed E-state index contributed by atoms with van der Waals surface area (Å²) in [6.07, 6.45) is 0.733. The molecule has 1 aromatic heterocycles. The lowest BCUT2D eigenvalue weighted by Crippen LogP contribution is -2.14. The zero-order chi connectivity index (χ0) is 10.8. The van der Waals surface area contributed by atoms with Crippen LogP contribution in [0, 0.1) is 0 Å². The predicted molar refractivity (Wildman–Crippen MR) is 53.9 cm³/mol. The molecule has 0 N–H and O–H groups in total. The molecule has 1 aliphatic rings. The van der Waals surface area contributed by atoms with Gasteiger partial charge in [0.1, 0.15) is 5.15 Å². The van der Waals surface area contributed by atoms with Gasteiger partial charge in [0.2, 0.25) is 0 Å². The number of fused-ring (bicyclic) bond motifs is 1. The standard InChI is InChI=1S/C10H10ClNO3/c1-14-10(13)7-4-6-5-15-3-2-8(6)12-9(7)11/h4H,2-3,5H2,1H3. The van der Waals surface area contributed by atoms with E-state index in [2.05, 4.69) is 9.72 Å². The van der Waals surface area contributed by atoms with Gasteiger partial charge in [0.05, 0.1) is 25.9 Å². The third-order valence-corrected chi connectivity index (χ3v) is 2.58. The summed E-state index contributed by atoms with van der Waals surface area (Å²) in [6, 6.07) is 1.69. The molecule has 2 heterocycles. The van der Waals surface area contributed by atoms with Crippen LogP contribution in [0.1, 0.15) is 21.6 Å². The maximum Gasteiger partial charge on any atom is 0.341 e. The minimum atomic E-state index is -0.471. The van der Waals surface area contributed by atoms with Crippen LogP contribution >= 0.6 is 11.6 Å². The second-order valence-electron chi connectivity index (χ2n) is 3.23. The Morgan fingerprint density at radius 2 is 2.47 bits per heavy atom. The molecular formula is C10H10ClNO3. The lowest BCUT2D eigenvalue weighted by atomic mass is 10.1. The van der Waals surface area contributed by atoms with Crippen molar-refractivity contribution in [2.45, 2.75) is 13.0 Å². The van der Waals surface area contributed by atoms with Gasteiger partial charge in [0.15, 0.2) is 0 Å². The summed E-state index contributed by atoms with van der Waals surface area (Å²) in [4.78, 5) is 15.5. The fraction of sp³-hybridized carbons (Fsp3) is 0.400. The van der Waals surface area contributed by atoms with Gasteiger partial charge in [-0.25, -0.2) is 9.78 Å². The number of carbonyl (C=O) groups is 1. The molecule has 80 valence electrons. The predicted octanol–water partition coefficient (Wildman–Crippen LogP) is 1.59. The summed E-state index contributed by atoms with van der Waals surface area (Å²) in [6.45, 7) is 1.12. The van der Waals surface area contributed by atoms with Gasteiger partial charge < -0.3 is 9.47 Å². The Balaban J connectivity index is 2.44. The number of methoxy groups -OCH3 is 1. The molecule has 1 aliphatic heterocycles. The van der Waals surface area contributed by atoms with Crippen LogP contribution in [0.15, 0.2) is 6.07 Å². The molecule has 0 saturated carbocycles. The van der Waals surface area contributed by atoms with E-state index in [1.165, 1.54) is 7.11 Å². The number of hydrogen-bond acceptors (Lipinski definition) is 4. The first kappa shape index (κ1) is 10.4. The van der Waals surface area contributed by atoms with Gasteiger partial charge in [-0.3, -0.25) is 0 Å². The molecule has 0 fully saturated rings. The first-order valence-electron chi connectivity index (χ1n) is 4.56. The smallest absolute Gasteiger partial charge is 0.341 e. The van der Waals surface area contributed by atoms with Crippen molar-refractivity contribution in [2.24, 2.45) is 0 Å². The van der Waals surface area contributed by atoms with E-state index in [-0.39, 0.29) is 5.15 Å². The lowest BCUT2D eigenvalue weighted by molar-refractivity contribution is 0.0599. The zero-order valence-electron chi connectivity index (χ0n) is 8.25. The van der Waals surface area contributed by atoms with Crippen molar-refractivity contribution < 1.29 is 14.3 Å². The van der Waals surface area contributed by atoms with Crippen LogP contribution in [0.25, 0.3) is 0 Å². The molecule has 0 unspecified atom stereocenters. The minimum Gasteiger partial charge on any atom is -0.465 e. The number of hydrogen-bond donors (Lipinski definition) is 0. The van der Waals surface area contributed by atoms with Crippen molar-refractivity contribution in [3.05, 3.63) is 28.0 Å². The van der Waals surface area contributed by atoms with Gasteiger partial charge in [0.25, 0.3) is 0 Å². The van der Waals surface area contributed by atoms with E-state index >= 15 is 0 Å². The molecule has 0 saturated heterocycles. The van der Waals surface area contributed by atoms with Crippen LogP contribution in [-0.2, 0) is 22.5 Å². The van der Waals surface area contributed by atoms with Crippen molar-refractivity contribution in [1.82, 2.24) is 4.98 Å². The molecule has 0 radical (unpaired) electrons. The largest absolute Gasteiger partial charge is 0.465 e. The SMILES string of the molecule is COC(=O)c1cc2c(nc1Cl)CCOC2. The number of rotatable bonds is 1. The fourth-order valence-electron chi connectivity index (χ4n) is 1.51. The Morgan fingerprint density at radius 3 is 3.20 bits per heavy atom. The average Bonchev–Trinajstić information content (AvgIpc) is 2.27. The minimum absolute atomic E-state index is 0.197. The molecule has 1 aromatic rings. The molecule has 0 spiro atoms. The van der Waals surface area contributed by atoms with Crippen LogP contribution in [-0.4, -0.2) is 24.7 Å². The topological polar surface area (TPSA) is 48.4 Å². The van der Waals surface area contributed by atoms with Gasteiger partial charge in [-0.15, -0.1) is 0 Å². The normalized spacial score (nSPS) is 14.5. The second-order valence-corrected chi connectivity index (χ2v) is 3.58. The number of esters is 1. The quantitative estimate of drug-likeness (QED) is 0.540. The van der Waals surface area contributed by atoms with Crippen LogP contribution in [0.3, 0.4) is 0 Å². The Hall–Kier alpha value is -1.13. The molecule has 4 nitrogen and oxygen atoms in total. The van der Waals surface area contributed by atoms with Crippen molar-refractivity contribution in [2.75, 3.05) is 13.7 Å². The molecular weight excluding hydrogens is 218 g/mol. The third-order valence-electron chi connectivity index (χ3n) is 2.29. The monoisotopic (exact) mass is 227 g/mol. The van der Waals surface area contributed by atoms with Crippen LogP contribution < -0.4 is 0 Å². The molecule has 5 heteroatoms. The number of carbonyl (C=O) groups excluding carboxylic acids is 1. The third kappa shape index (κ3) is 1.96. The van der Waals surface area contributed by atoms with E-state index in [0.717, 1.165) is 17.7 Å². The summed E-state index contributed by atoms with van der Waals surface area (Å²) >= 11 is 5.88. The van der Waals surface area contributed by atoms with Gasteiger partial charge >= 0.3 is 5.97 Å². The van der Waals surface area contributed by atoms with E-state index in [0.29, 0.717) is 18.8 Å². The highest BCUT2D eigenvalue weighted by Gasteiger charge is 2.18. The number of halogens is 1. The molecule has 2 rings (SSSR count). The molecule has 15 heavy (non-hydrogen) atoms. The molecule has 0 atom stereocenters.